The van der Waals surface area contributed by atoms with Crippen LogP contribution in [0.25, 0.3) is 0 Å². The molecule has 0 aromatic heterocycles. The Balaban J connectivity index is 1.98. The zero-order valence-corrected chi connectivity index (χ0v) is 13.0. The van der Waals surface area contributed by atoms with E-state index in [0.29, 0.717) is 28.1 Å². The van der Waals surface area contributed by atoms with E-state index < -0.39 is 10.0 Å². The Kier molecular flexibility index (Phi) is 3.32. The van der Waals surface area contributed by atoms with Crippen LogP contribution in [-0.4, -0.2) is 12.7 Å². The molecule has 0 atom stereocenters. The number of hydrogen-bond donors (Lipinski definition) is 1. The molecule has 1 aliphatic heterocycles. The van der Waals surface area contributed by atoms with Gasteiger partial charge in [0, 0.05) is 23.2 Å². The first-order valence-electron chi connectivity index (χ1n) is 6.10. The standard InChI is InChI=1S/C14H13BrN2O2S/c15-13-3-1-2-4-14(13)20(18,19)17-8-10-5-6-12(16)7-11(10)9-17/h1-7H,8-9,16H2. The van der Waals surface area contributed by atoms with Crippen molar-refractivity contribution in [2.45, 2.75) is 18.0 Å². The minimum Gasteiger partial charge on any atom is -0.399 e. The highest BCUT2D eigenvalue weighted by Gasteiger charge is 2.31. The molecular formula is C14H13BrN2O2S. The van der Waals surface area contributed by atoms with Crippen molar-refractivity contribution in [2.75, 3.05) is 5.73 Å². The fraction of sp³-hybridized carbons (Fsp3) is 0.143. The first kappa shape index (κ1) is 13.6. The molecular weight excluding hydrogens is 340 g/mol. The molecule has 0 amide bonds. The molecule has 2 N–H and O–H groups in total. The zero-order valence-electron chi connectivity index (χ0n) is 10.6. The van der Waals surface area contributed by atoms with Crippen LogP contribution in [0.15, 0.2) is 51.8 Å². The number of sulfonamides is 1. The summed E-state index contributed by atoms with van der Waals surface area (Å²) < 4.78 is 27.4. The Bertz CT molecular complexity index is 774. The van der Waals surface area contributed by atoms with E-state index in [1.807, 2.05) is 12.1 Å². The van der Waals surface area contributed by atoms with Crippen LogP contribution in [0.5, 0.6) is 0 Å². The molecule has 0 saturated carbocycles. The van der Waals surface area contributed by atoms with Gasteiger partial charge in [0.15, 0.2) is 0 Å². The Hall–Kier alpha value is -1.37. The lowest BCUT2D eigenvalue weighted by atomic mass is 10.1. The van der Waals surface area contributed by atoms with E-state index in [1.165, 1.54) is 4.31 Å². The summed E-state index contributed by atoms with van der Waals surface area (Å²) in [4.78, 5) is 0.292. The van der Waals surface area contributed by atoms with Gasteiger partial charge in [0.25, 0.3) is 0 Å². The van der Waals surface area contributed by atoms with Crippen molar-refractivity contribution in [3.8, 4) is 0 Å². The van der Waals surface area contributed by atoms with Crippen LogP contribution in [-0.2, 0) is 23.1 Å². The summed E-state index contributed by atoms with van der Waals surface area (Å²) in [5.41, 5.74) is 8.38. The Labute approximate surface area is 126 Å². The molecule has 6 heteroatoms. The van der Waals surface area contributed by atoms with Gasteiger partial charge in [-0.1, -0.05) is 18.2 Å². The molecule has 0 unspecified atom stereocenters. The van der Waals surface area contributed by atoms with Crippen molar-refractivity contribution < 1.29 is 8.42 Å². The zero-order chi connectivity index (χ0) is 14.3. The van der Waals surface area contributed by atoms with Crippen LogP contribution in [0.1, 0.15) is 11.1 Å². The van der Waals surface area contributed by atoms with E-state index >= 15 is 0 Å². The fourth-order valence-corrected chi connectivity index (χ4v) is 4.71. The first-order chi connectivity index (χ1) is 9.48. The third kappa shape index (κ3) is 2.24. The molecule has 104 valence electrons. The van der Waals surface area contributed by atoms with Gasteiger partial charge in [-0.2, -0.15) is 4.31 Å². The van der Waals surface area contributed by atoms with Crippen molar-refractivity contribution in [1.29, 1.82) is 0 Å². The molecule has 1 heterocycles. The minimum atomic E-state index is -3.50. The maximum absolute atomic E-state index is 12.7. The number of nitrogen functional groups attached to an aromatic ring is 1. The Morgan fingerprint density at radius 3 is 2.50 bits per heavy atom. The van der Waals surface area contributed by atoms with Crippen LogP contribution in [0.3, 0.4) is 0 Å². The molecule has 20 heavy (non-hydrogen) atoms. The molecule has 3 rings (SSSR count). The summed E-state index contributed by atoms with van der Waals surface area (Å²) in [6.07, 6.45) is 0. The molecule has 0 bridgehead atoms. The number of hydrogen-bond acceptors (Lipinski definition) is 3. The van der Waals surface area contributed by atoms with Crippen molar-refractivity contribution >= 4 is 31.6 Å². The van der Waals surface area contributed by atoms with Crippen LogP contribution in [0.4, 0.5) is 5.69 Å². The SMILES string of the molecule is Nc1ccc2c(c1)CN(S(=O)(=O)c1ccccc1Br)C2. The summed E-state index contributed by atoms with van der Waals surface area (Å²) in [7, 11) is -3.50. The van der Waals surface area contributed by atoms with Gasteiger partial charge in [0.05, 0.1) is 4.90 Å². The molecule has 0 fully saturated rings. The Morgan fingerprint density at radius 1 is 1.05 bits per heavy atom. The van der Waals surface area contributed by atoms with E-state index in [2.05, 4.69) is 15.9 Å². The summed E-state index contributed by atoms with van der Waals surface area (Å²) in [5.74, 6) is 0. The van der Waals surface area contributed by atoms with E-state index in [-0.39, 0.29) is 0 Å². The topological polar surface area (TPSA) is 63.4 Å². The van der Waals surface area contributed by atoms with E-state index in [4.69, 9.17) is 5.73 Å². The Morgan fingerprint density at radius 2 is 1.75 bits per heavy atom. The fourth-order valence-electron chi connectivity index (χ4n) is 2.35. The highest BCUT2D eigenvalue weighted by molar-refractivity contribution is 9.10. The lowest BCUT2D eigenvalue weighted by Gasteiger charge is -2.16. The van der Waals surface area contributed by atoms with Gasteiger partial charge in [-0.05, 0) is 51.3 Å². The van der Waals surface area contributed by atoms with Gasteiger partial charge in [-0.3, -0.25) is 0 Å². The number of anilines is 1. The minimum absolute atomic E-state index is 0.292. The highest BCUT2D eigenvalue weighted by atomic mass is 79.9. The van der Waals surface area contributed by atoms with Gasteiger partial charge >= 0.3 is 0 Å². The average molecular weight is 353 g/mol. The molecule has 2 aromatic carbocycles. The number of benzene rings is 2. The van der Waals surface area contributed by atoms with Crippen LogP contribution >= 0.6 is 15.9 Å². The molecule has 0 spiro atoms. The third-order valence-electron chi connectivity index (χ3n) is 3.38. The van der Waals surface area contributed by atoms with E-state index in [0.717, 1.165) is 11.1 Å². The largest absolute Gasteiger partial charge is 0.399 e. The molecule has 0 aliphatic carbocycles. The lowest BCUT2D eigenvalue weighted by Crippen LogP contribution is -2.25. The van der Waals surface area contributed by atoms with Crippen molar-refractivity contribution in [2.24, 2.45) is 0 Å². The maximum Gasteiger partial charge on any atom is 0.244 e. The molecule has 1 aliphatic rings. The van der Waals surface area contributed by atoms with E-state index in [9.17, 15) is 8.42 Å². The normalized spacial score (nSPS) is 15.2. The predicted molar refractivity (Wildman–Crippen MR) is 81.4 cm³/mol. The molecule has 4 nitrogen and oxygen atoms in total. The first-order valence-corrected chi connectivity index (χ1v) is 8.34. The van der Waals surface area contributed by atoms with Gasteiger partial charge in [-0.15, -0.1) is 0 Å². The number of rotatable bonds is 2. The van der Waals surface area contributed by atoms with Crippen molar-refractivity contribution in [1.82, 2.24) is 4.31 Å². The molecule has 0 saturated heterocycles. The predicted octanol–water partition coefficient (Wildman–Crippen LogP) is 2.74. The summed E-state index contributed by atoms with van der Waals surface area (Å²) in [6.45, 7) is 0.753. The van der Waals surface area contributed by atoms with Crippen LogP contribution < -0.4 is 5.73 Å². The second-order valence-corrected chi connectivity index (χ2v) is 7.49. The summed E-state index contributed by atoms with van der Waals surface area (Å²) in [6, 6.07) is 12.4. The van der Waals surface area contributed by atoms with Crippen molar-refractivity contribution in [3.05, 3.63) is 58.1 Å². The second kappa shape index (κ2) is 4.87. The second-order valence-electron chi connectivity index (χ2n) is 4.73. The summed E-state index contributed by atoms with van der Waals surface area (Å²) in [5, 5.41) is 0. The van der Waals surface area contributed by atoms with Gasteiger partial charge in [0.2, 0.25) is 10.0 Å². The smallest absolute Gasteiger partial charge is 0.244 e. The quantitative estimate of drug-likeness (QED) is 0.845. The summed E-state index contributed by atoms with van der Waals surface area (Å²) >= 11 is 3.30. The lowest BCUT2D eigenvalue weighted by molar-refractivity contribution is 0.431. The average Bonchev–Trinajstić information content (AvgIpc) is 2.82. The number of halogens is 1. The van der Waals surface area contributed by atoms with Crippen LogP contribution in [0, 0.1) is 0 Å². The number of fused-ring (bicyclic) bond motifs is 1. The van der Waals surface area contributed by atoms with Gasteiger partial charge in [0.1, 0.15) is 0 Å². The van der Waals surface area contributed by atoms with Crippen molar-refractivity contribution in [3.63, 3.8) is 0 Å². The van der Waals surface area contributed by atoms with Gasteiger partial charge in [-0.25, -0.2) is 8.42 Å². The number of nitrogens with zero attached hydrogens (tertiary/aromatic N) is 1. The molecule has 0 radical (unpaired) electrons. The van der Waals surface area contributed by atoms with Gasteiger partial charge < -0.3 is 5.73 Å². The highest BCUT2D eigenvalue weighted by Crippen LogP contribution is 2.32. The van der Waals surface area contributed by atoms with E-state index in [1.54, 1.807) is 30.3 Å². The molecule has 2 aromatic rings. The third-order valence-corrected chi connectivity index (χ3v) is 6.18. The number of nitrogens with two attached hydrogens (primary N) is 1. The van der Waals surface area contributed by atoms with Crippen LogP contribution in [0.2, 0.25) is 0 Å². The maximum atomic E-state index is 12.7. The monoisotopic (exact) mass is 352 g/mol.